The average molecular weight is 564 g/mol. The number of amides is 2. The summed E-state index contributed by atoms with van der Waals surface area (Å²) >= 11 is 0. The summed E-state index contributed by atoms with van der Waals surface area (Å²) in [7, 11) is 0. The number of rotatable bonds is 14. The number of aromatic amines is 1. The van der Waals surface area contributed by atoms with Gasteiger partial charge in [-0.25, -0.2) is 14.8 Å². The Morgan fingerprint density at radius 2 is 1.87 bits per heavy atom. The van der Waals surface area contributed by atoms with Gasteiger partial charge in [-0.3, -0.25) is 19.4 Å². The van der Waals surface area contributed by atoms with E-state index in [0.29, 0.717) is 31.1 Å². The number of hydrogen-bond acceptors (Lipinski definition) is 11. The average Bonchev–Trinajstić information content (AvgIpc) is 2.89. The Labute approximate surface area is 228 Å². The van der Waals surface area contributed by atoms with Crippen LogP contribution < -0.4 is 33.0 Å². The minimum atomic E-state index is -1.25. The summed E-state index contributed by atoms with van der Waals surface area (Å²) in [6.07, 6.45) is 1.31. The van der Waals surface area contributed by atoms with Gasteiger partial charge in [0, 0.05) is 30.8 Å². The highest BCUT2D eigenvalue weighted by molar-refractivity contribution is 5.97. The lowest BCUT2D eigenvalue weighted by atomic mass is 10.1. The van der Waals surface area contributed by atoms with Crippen molar-refractivity contribution in [2.24, 2.45) is 5.73 Å². The number of nitrogens with zero attached hydrogens (tertiary/aromatic N) is 3. The van der Waals surface area contributed by atoms with Gasteiger partial charge in [0.2, 0.25) is 11.9 Å². The second kappa shape index (κ2) is 15.2. The maximum atomic E-state index is 12.6. The highest BCUT2D eigenvalue weighted by Gasteiger charge is 2.21. The second-order valence-corrected chi connectivity index (χ2v) is 8.07. The molecule has 0 unspecified atom stereocenters. The predicted octanol–water partition coefficient (Wildman–Crippen LogP) is -0.616. The van der Waals surface area contributed by atoms with Crippen molar-refractivity contribution in [1.82, 2.24) is 30.6 Å². The van der Waals surface area contributed by atoms with Gasteiger partial charge in [-0.05, 0) is 30.7 Å². The smallest absolute Gasteiger partial charge is 0.326 e. The molecule has 0 aliphatic heterocycles. The Balaban J connectivity index is 0.00000533. The molecule has 1 atom stereocenters. The van der Waals surface area contributed by atoms with Crippen LogP contribution in [0.25, 0.3) is 11.2 Å². The molecule has 2 heterocycles. The minimum Gasteiger partial charge on any atom is -0.480 e. The fourth-order valence-electron chi connectivity index (χ4n) is 3.30. The number of aliphatic carboxylic acids is 1. The van der Waals surface area contributed by atoms with Gasteiger partial charge >= 0.3 is 5.97 Å². The number of fused-ring (bicyclic) bond motifs is 1. The number of halogens is 1. The molecule has 39 heavy (non-hydrogen) atoms. The monoisotopic (exact) mass is 563 g/mol. The normalized spacial score (nSPS) is 11.3. The number of carboxylic acid groups (broad SMARTS) is 1. The Morgan fingerprint density at radius 3 is 2.56 bits per heavy atom. The molecule has 15 nitrogen and oxygen atoms in total. The van der Waals surface area contributed by atoms with E-state index in [4.69, 9.17) is 16.2 Å². The first-order valence-electron chi connectivity index (χ1n) is 11.7. The lowest BCUT2D eigenvalue weighted by Gasteiger charge is -2.15. The molecule has 0 saturated heterocycles. The maximum Gasteiger partial charge on any atom is 0.326 e. The van der Waals surface area contributed by atoms with E-state index in [0.717, 1.165) is 0 Å². The van der Waals surface area contributed by atoms with Crippen molar-refractivity contribution in [3.05, 3.63) is 52.1 Å². The molecule has 0 fully saturated rings. The Bertz CT molecular complexity index is 1340. The largest absolute Gasteiger partial charge is 0.480 e. The van der Waals surface area contributed by atoms with Gasteiger partial charge in [0.25, 0.3) is 11.5 Å². The highest BCUT2D eigenvalue weighted by Crippen LogP contribution is 2.12. The van der Waals surface area contributed by atoms with Crippen LogP contribution in [0.5, 0.6) is 0 Å². The number of H-pyrrole nitrogens is 1. The van der Waals surface area contributed by atoms with Gasteiger partial charge in [-0.15, -0.1) is 12.4 Å². The summed E-state index contributed by atoms with van der Waals surface area (Å²) in [5.74, 6) is -2.24. The van der Waals surface area contributed by atoms with E-state index in [-0.39, 0.29) is 66.9 Å². The zero-order chi connectivity index (χ0) is 27.5. The summed E-state index contributed by atoms with van der Waals surface area (Å²) in [5, 5.41) is 17.6. The van der Waals surface area contributed by atoms with Crippen LogP contribution in [0.4, 0.5) is 11.6 Å². The van der Waals surface area contributed by atoms with Gasteiger partial charge in [0.15, 0.2) is 11.2 Å². The molecule has 9 N–H and O–H groups in total. The summed E-state index contributed by atoms with van der Waals surface area (Å²) in [6.45, 7) is 1.58. The van der Waals surface area contributed by atoms with Crippen LogP contribution in [-0.4, -0.2) is 75.2 Å². The third kappa shape index (κ3) is 9.48. The fourth-order valence-corrected chi connectivity index (χ4v) is 3.30. The van der Waals surface area contributed by atoms with Gasteiger partial charge in [0.05, 0.1) is 31.6 Å². The van der Waals surface area contributed by atoms with Gasteiger partial charge in [0.1, 0.15) is 6.04 Å². The van der Waals surface area contributed by atoms with Crippen molar-refractivity contribution in [3.8, 4) is 0 Å². The van der Waals surface area contributed by atoms with Crippen LogP contribution in [0.2, 0.25) is 0 Å². The zero-order valence-corrected chi connectivity index (χ0v) is 21.6. The summed E-state index contributed by atoms with van der Waals surface area (Å²) < 4.78 is 5.15. The van der Waals surface area contributed by atoms with Crippen LogP contribution in [0.1, 0.15) is 28.9 Å². The molecule has 210 valence electrons. The predicted molar refractivity (Wildman–Crippen MR) is 144 cm³/mol. The lowest BCUT2D eigenvalue weighted by molar-refractivity contribution is -0.139. The third-order valence-electron chi connectivity index (χ3n) is 5.20. The number of aromatic nitrogens is 4. The number of carbonyl (C=O) groups excluding carboxylic acids is 2. The van der Waals surface area contributed by atoms with Crippen LogP contribution >= 0.6 is 12.4 Å². The molecule has 0 aliphatic rings. The fraction of sp³-hybridized carbons (Fsp3) is 0.348. The van der Waals surface area contributed by atoms with Gasteiger partial charge in [-0.2, -0.15) is 4.98 Å². The molecule has 0 spiro atoms. The summed E-state index contributed by atoms with van der Waals surface area (Å²) in [6, 6.07) is 5.07. The number of nitrogens with one attached hydrogen (secondary N) is 4. The minimum absolute atomic E-state index is 0. The van der Waals surface area contributed by atoms with Crippen molar-refractivity contribution < 1.29 is 24.2 Å². The van der Waals surface area contributed by atoms with Gasteiger partial charge < -0.3 is 37.3 Å². The van der Waals surface area contributed by atoms with Crippen LogP contribution in [0.15, 0.2) is 35.3 Å². The molecule has 1 aromatic carbocycles. The van der Waals surface area contributed by atoms with E-state index in [1.54, 1.807) is 12.1 Å². The highest BCUT2D eigenvalue weighted by atomic mass is 35.5. The molecule has 0 radical (unpaired) electrons. The van der Waals surface area contributed by atoms with E-state index in [9.17, 15) is 24.3 Å². The number of carbonyl (C=O) groups is 3. The standard InChI is InChI=1S/C23H29N9O6.ClH/c24-7-9-38-10-8-26-17(33)6-5-16(22(36)37)30-20(34)13-1-3-14(4-2-13)27-11-15-12-28-19-18(29-15)21(35)32-23(25)31-19;/h1-4,12,16,27H,5-11,24H2,(H,26,33)(H,30,34)(H,36,37)(H3,25,28,31,32,35);1H/t16-;/m0./s1. The first-order valence-corrected chi connectivity index (χ1v) is 11.7. The molecule has 2 aromatic heterocycles. The molecule has 3 rings (SSSR count). The van der Waals surface area contributed by atoms with Crippen molar-refractivity contribution in [2.75, 3.05) is 37.4 Å². The molecular formula is C23H30ClN9O6. The summed E-state index contributed by atoms with van der Waals surface area (Å²) in [4.78, 5) is 62.7. The molecule has 2 amide bonds. The number of nitrogens with two attached hydrogens (primary N) is 2. The van der Waals surface area contributed by atoms with E-state index in [1.807, 2.05) is 0 Å². The topological polar surface area (TPSA) is 240 Å². The molecule has 0 saturated carbocycles. The van der Waals surface area contributed by atoms with E-state index in [1.165, 1.54) is 18.3 Å². The van der Waals surface area contributed by atoms with E-state index >= 15 is 0 Å². The van der Waals surface area contributed by atoms with E-state index < -0.39 is 23.5 Å². The van der Waals surface area contributed by atoms with Crippen molar-refractivity contribution in [3.63, 3.8) is 0 Å². The zero-order valence-electron chi connectivity index (χ0n) is 20.8. The number of carboxylic acids is 1. The number of anilines is 2. The maximum absolute atomic E-state index is 12.6. The number of nitrogen functional groups attached to an aromatic ring is 1. The molecule has 16 heteroatoms. The number of benzene rings is 1. The molecule has 0 bridgehead atoms. The van der Waals surface area contributed by atoms with Crippen LogP contribution in [-0.2, 0) is 20.9 Å². The second-order valence-electron chi connectivity index (χ2n) is 8.07. The van der Waals surface area contributed by atoms with Crippen molar-refractivity contribution in [2.45, 2.75) is 25.4 Å². The van der Waals surface area contributed by atoms with Gasteiger partial charge in [-0.1, -0.05) is 0 Å². The Kier molecular flexibility index (Phi) is 12.0. The summed E-state index contributed by atoms with van der Waals surface area (Å²) in [5.41, 5.74) is 11.9. The first kappa shape index (κ1) is 30.9. The van der Waals surface area contributed by atoms with Crippen LogP contribution in [0, 0.1) is 0 Å². The van der Waals surface area contributed by atoms with Crippen molar-refractivity contribution in [1.29, 1.82) is 0 Å². The first-order chi connectivity index (χ1) is 18.3. The quantitative estimate of drug-likeness (QED) is 0.121. The Morgan fingerprint density at radius 1 is 1.13 bits per heavy atom. The lowest BCUT2D eigenvalue weighted by Crippen LogP contribution is -2.41. The third-order valence-corrected chi connectivity index (χ3v) is 5.20. The molecule has 3 aromatic rings. The number of ether oxygens (including phenoxy) is 1. The number of hydrogen-bond donors (Lipinski definition) is 7. The SMILES string of the molecule is Cl.NCCOCCNC(=O)CC[C@H](NC(=O)c1ccc(NCc2cnc3nc(N)[nH]c(=O)c3n2)cc1)C(=O)O. The molecule has 0 aliphatic carbocycles. The van der Waals surface area contributed by atoms with E-state index in [2.05, 4.69) is 35.9 Å². The van der Waals surface area contributed by atoms with Crippen LogP contribution in [0.3, 0.4) is 0 Å². The molecular weight excluding hydrogens is 534 g/mol. The van der Waals surface area contributed by atoms with Crippen molar-refractivity contribution >= 4 is 53.0 Å². The Hall–Kier alpha value is -4.34.